The lowest BCUT2D eigenvalue weighted by molar-refractivity contribution is -0.130. The quantitative estimate of drug-likeness (QED) is 0.664. The van der Waals surface area contributed by atoms with Crippen LogP contribution in [0.2, 0.25) is 0 Å². The summed E-state index contributed by atoms with van der Waals surface area (Å²) in [6, 6.07) is 4.56. The summed E-state index contributed by atoms with van der Waals surface area (Å²) in [6.07, 6.45) is -1.09. The maximum atomic E-state index is 14.9. The zero-order valence-corrected chi connectivity index (χ0v) is 17.5. The van der Waals surface area contributed by atoms with E-state index < -0.39 is 29.0 Å². The molecule has 1 aromatic rings. The predicted octanol–water partition coefficient (Wildman–Crippen LogP) is 0.565. The number of carbonyl (C=O) groups excluding carboxylic acids is 4. The third-order valence-corrected chi connectivity index (χ3v) is 6.03. The van der Waals surface area contributed by atoms with Crippen molar-refractivity contribution in [2.45, 2.75) is 13.0 Å². The molecule has 2 fully saturated rings. The highest BCUT2D eigenvalue weighted by atomic mass is 32.2. The van der Waals surface area contributed by atoms with E-state index in [1.807, 2.05) is 9.80 Å². The highest BCUT2D eigenvalue weighted by Crippen LogP contribution is 2.29. The maximum absolute atomic E-state index is 14.9. The molecule has 3 aliphatic rings. The normalized spacial score (nSPS) is 21.5. The van der Waals surface area contributed by atoms with E-state index in [2.05, 4.69) is 10.3 Å². The zero-order chi connectivity index (χ0) is 22.1. The molecule has 0 bridgehead atoms. The average Bonchev–Trinajstić information content (AvgIpc) is 3.28. The number of hydrogen-bond acceptors (Lipinski definition) is 8. The zero-order valence-electron chi connectivity index (χ0n) is 16.7. The van der Waals surface area contributed by atoms with Gasteiger partial charge < -0.3 is 19.9 Å². The van der Waals surface area contributed by atoms with E-state index in [1.54, 1.807) is 12.1 Å². The molecule has 3 amide bonds. The summed E-state index contributed by atoms with van der Waals surface area (Å²) in [7, 11) is 0. The Bertz CT molecular complexity index is 978. The minimum atomic E-state index is -0.746. The Morgan fingerprint density at radius 1 is 1.23 bits per heavy atom. The molecule has 1 N–H and O–H groups in total. The molecule has 3 aliphatic heterocycles. The second-order valence-corrected chi connectivity index (χ2v) is 8.19. The van der Waals surface area contributed by atoms with E-state index in [-0.39, 0.29) is 19.0 Å². The lowest BCUT2D eigenvalue weighted by atomic mass is 10.2. The number of ether oxygens (including phenoxy) is 1. The van der Waals surface area contributed by atoms with Gasteiger partial charge in [-0.1, -0.05) is 0 Å². The third-order valence-electron chi connectivity index (χ3n) is 5.14. The van der Waals surface area contributed by atoms with E-state index >= 15 is 0 Å². The van der Waals surface area contributed by atoms with Gasteiger partial charge in [-0.15, -0.1) is 0 Å². The minimum Gasteiger partial charge on any atom is -0.442 e. The molecule has 12 heteroatoms. The van der Waals surface area contributed by atoms with Crippen molar-refractivity contribution in [3.05, 3.63) is 24.0 Å². The van der Waals surface area contributed by atoms with Gasteiger partial charge in [-0.05, 0) is 30.0 Å². The van der Waals surface area contributed by atoms with Crippen LogP contribution in [-0.2, 0) is 19.1 Å². The number of aliphatic imine (C=N–C) groups is 1. The summed E-state index contributed by atoms with van der Waals surface area (Å²) in [4.78, 5) is 54.6. The monoisotopic (exact) mass is 449 g/mol. The molecule has 1 atom stereocenters. The standard InChI is InChI=1S/C19H20FN5O5S/c1-11(26)21-9-13-10-25(19(29)30-13)12-2-3-15(14(20)8-12)23-4-6-24(7-5-23)18-22-16(27)17(28)31-18/h2-3,8,13H,4-7,9-10H2,1H3,(H,21,26). The van der Waals surface area contributed by atoms with Crippen molar-refractivity contribution in [1.29, 1.82) is 0 Å². The van der Waals surface area contributed by atoms with Crippen LogP contribution in [-0.4, -0.2) is 78.5 Å². The number of rotatable bonds is 4. The maximum Gasteiger partial charge on any atom is 0.414 e. The number of halogens is 1. The van der Waals surface area contributed by atoms with Crippen LogP contribution in [0.1, 0.15) is 6.92 Å². The summed E-state index contributed by atoms with van der Waals surface area (Å²) in [5, 5.41) is 2.41. The first-order chi connectivity index (χ1) is 14.8. The van der Waals surface area contributed by atoms with Gasteiger partial charge in [0.25, 0.3) is 5.12 Å². The second kappa shape index (κ2) is 8.53. The van der Waals surface area contributed by atoms with Crippen LogP contribution in [0.15, 0.2) is 23.2 Å². The molecule has 1 aromatic carbocycles. The van der Waals surface area contributed by atoms with Crippen LogP contribution in [0.4, 0.5) is 20.6 Å². The Labute approximate surface area is 181 Å². The van der Waals surface area contributed by atoms with Crippen LogP contribution in [0.5, 0.6) is 0 Å². The Morgan fingerprint density at radius 3 is 2.55 bits per heavy atom. The van der Waals surface area contributed by atoms with Gasteiger partial charge in [-0.3, -0.25) is 19.3 Å². The van der Waals surface area contributed by atoms with Gasteiger partial charge in [0, 0.05) is 33.1 Å². The fourth-order valence-corrected chi connectivity index (χ4v) is 4.31. The summed E-state index contributed by atoms with van der Waals surface area (Å²) in [5.41, 5.74) is 0.780. The van der Waals surface area contributed by atoms with Crippen LogP contribution < -0.4 is 15.1 Å². The van der Waals surface area contributed by atoms with Crippen LogP contribution in [0.25, 0.3) is 0 Å². The van der Waals surface area contributed by atoms with Gasteiger partial charge in [0.1, 0.15) is 11.9 Å². The number of anilines is 2. The van der Waals surface area contributed by atoms with Gasteiger partial charge >= 0.3 is 12.0 Å². The Kier molecular flexibility index (Phi) is 5.81. The lowest BCUT2D eigenvalue weighted by Gasteiger charge is -2.36. The first-order valence-electron chi connectivity index (χ1n) is 9.68. The topological polar surface area (TPSA) is 112 Å². The molecule has 0 radical (unpaired) electrons. The number of thioether (sulfide) groups is 1. The van der Waals surface area contributed by atoms with Crippen molar-refractivity contribution in [2.24, 2.45) is 4.99 Å². The van der Waals surface area contributed by atoms with Crippen molar-refractivity contribution < 1.29 is 28.3 Å². The number of benzene rings is 1. The molecule has 164 valence electrons. The van der Waals surface area contributed by atoms with Crippen molar-refractivity contribution >= 4 is 51.3 Å². The van der Waals surface area contributed by atoms with Crippen molar-refractivity contribution in [2.75, 3.05) is 49.1 Å². The molecule has 10 nitrogen and oxygen atoms in total. The number of amidine groups is 1. The summed E-state index contributed by atoms with van der Waals surface area (Å²) < 4.78 is 20.1. The summed E-state index contributed by atoms with van der Waals surface area (Å²) in [6.45, 7) is 3.76. The highest BCUT2D eigenvalue weighted by molar-refractivity contribution is 8.28. The third kappa shape index (κ3) is 4.48. The van der Waals surface area contributed by atoms with Crippen molar-refractivity contribution in [3.63, 3.8) is 0 Å². The summed E-state index contributed by atoms with van der Waals surface area (Å²) >= 11 is 0.824. The first-order valence-corrected chi connectivity index (χ1v) is 10.5. The Hall–Kier alpha value is -3.15. The van der Waals surface area contributed by atoms with Crippen LogP contribution >= 0.6 is 11.8 Å². The molecular formula is C19H20FN5O5S. The SMILES string of the molecule is CC(=O)NCC1CN(c2ccc(N3CCN(C4=NC(=O)C(=O)S4)CC3)c(F)c2)C(=O)O1. The van der Waals surface area contributed by atoms with Gasteiger partial charge in [0.15, 0.2) is 5.17 Å². The van der Waals surface area contributed by atoms with E-state index in [1.165, 1.54) is 17.9 Å². The Balaban J connectivity index is 1.38. The number of amides is 3. The Morgan fingerprint density at radius 2 is 1.94 bits per heavy atom. The molecule has 1 unspecified atom stereocenters. The number of nitrogens with zero attached hydrogens (tertiary/aromatic N) is 4. The number of carbonyl (C=O) groups is 4. The van der Waals surface area contributed by atoms with Gasteiger partial charge in [0.2, 0.25) is 5.91 Å². The van der Waals surface area contributed by atoms with Gasteiger partial charge in [0.05, 0.1) is 24.5 Å². The largest absolute Gasteiger partial charge is 0.442 e. The number of nitrogens with one attached hydrogen (secondary N) is 1. The highest BCUT2D eigenvalue weighted by Gasteiger charge is 2.34. The molecule has 0 aromatic heterocycles. The van der Waals surface area contributed by atoms with E-state index in [0.717, 1.165) is 11.8 Å². The van der Waals surface area contributed by atoms with E-state index in [0.29, 0.717) is 42.7 Å². The molecule has 31 heavy (non-hydrogen) atoms. The van der Waals surface area contributed by atoms with Crippen molar-refractivity contribution in [1.82, 2.24) is 10.2 Å². The number of piperazine rings is 1. The predicted molar refractivity (Wildman–Crippen MR) is 112 cm³/mol. The van der Waals surface area contributed by atoms with Crippen LogP contribution in [0, 0.1) is 5.82 Å². The van der Waals surface area contributed by atoms with Crippen LogP contribution in [0.3, 0.4) is 0 Å². The van der Waals surface area contributed by atoms with E-state index in [4.69, 9.17) is 4.74 Å². The minimum absolute atomic E-state index is 0.198. The van der Waals surface area contributed by atoms with Gasteiger partial charge in [-0.25, -0.2) is 9.18 Å². The lowest BCUT2D eigenvalue weighted by Crippen LogP contribution is -2.48. The average molecular weight is 449 g/mol. The number of hydrogen-bond donors (Lipinski definition) is 1. The molecule has 0 spiro atoms. The smallest absolute Gasteiger partial charge is 0.414 e. The molecule has 3 heterocycles. The van der Waals surface area contributed by atoms with Gasteiger partial charge in [-0.2, -0.15) is 4.99 Å². The number of cyclic esters (lactones) is 1. The fraction of sp³-hybridized carbons (Fsp3) is 0.421. The molecule has 2 saturated heterocycles. The second-order valence-electron chi connectivity index (χ2n) is 7.25. The molecular weight excluding hydrogens is 429 g/mol. The molecule has 4 rings (SSSR count). The molecule has 0 aliphatic carbocycles. The van der Waals surface area contributed by atoms with Crippen molar-refractivity contribution in [3.8, 4) is 0 Å². The van der Waals surface area contributed by atoms with E-state index in [9.17, 15) is 23.6 Å². The molecule has 0 saturated carbocycles. The summed E-state index contributed by atoms with van der Waals surface area (Å²) in [5.74, 6) is -1.44. The fourth-order valence-electron chi connectivity index (χ4n) is 3.57. The first kappa shape index (κ1) is 21.1.